The van der Waals surface area contributed by atoms with E-state index in [0.29, 0.717) is 23.8 Å². The molecule has 5 aromatic rings. The van der Waals surface area contributed by atoms with E-state index in [0.717, 1.165) is 28.2 Å². The van der Waals surface area contributed by atoms with Crippen LogP contribution in [0.1, 0.15) is 21.7 Å². The minimum atomic E-state index is -5.08. The Balaban J connectivity index is 0.000000448. The average Bonchev–Trinajstić information content (AvgIpc) is 3.53. The van der Waals surface area contributed by atoms with Gasteiger partial charge in [0.15, 0.2) is 5.69 Å². The van der Waals surface area contributed by atoms with Crippen LogP contribution >= 0.6 is 11.6 Å². The van der Waals surface area contributed by atoms with E-state index in [1.807, 2.05) is 89.7 Å². The molecule has 0 saturated carbocycles. The summed E-state index contributed by atoms with van der Waals surface area (Å²) in [5, 5.41) is 10.7. The summed E-state index contributed by atoms with van der Waals surface area (Å²) in [6.45, 7) is 1.07. The molecule has 5 rings (SSSR count). The number of carbonyl (C=O) groups excluding carboxylic acids is 1. The lowest BCUT2D eigenvalue weighted by atomic mass is 10.2. The van der Waals surface area contributed by atoms with Crippen LogP contribution in [-0.4, -0.2) is 42.1 Å². The van der Waals surface area contributed by atoms with Crippen molar-refractivity contribution in [3.05, 3.63) is 113 Å². The third kappa shape index (κ3) is 7.02. The quantitative estimate of drug-likeness (QED) is 0.290. The first kappa shape index (κ1) is 27.4. The van der Waals surface area contributed by atoms with E-state index in [9.17, 15) is 18.0 Å². The van der Waals surface area contributed by atoms with Crippen LogP contribution in [0.2, 0.25) is 5.02 Å². The number of halogens is 4. The lowest BCUT2D eigenvalue weighted by Crippen LogP contribution is -2.23. The molecule has 0 fully saturated rings. The van der Waals surface area contributed by atoms with Gasteiger partial charge >= 0.3 is 12.1 Å². The fourth-order valence-corrected chi connectivity index (χ4v) is 3.75. The number of nitrogens with zero attached hydrogens (tertiary/aromatic N) is 4. The van der Waals surface area contributed by atoms with Gasteiger partial charge in [0.2, 0.25) is 0 Å². The first-order valence-electron chi connectivity index (χ1n) is 11.5. The summed E-state index contributed by atoms with van der Waals surface area (Å²) < 4.78 is 35.7. The molecule has 2 N–H and O–H groups in total. The van der Waals surface area contributed by atoms with Crippen molar-refractivity contribution in [2.24, 2.45) is 0 Å². The maximum Gasteiger partial charge on any atom is 0.490 e. The first-order valence-corrected chi connectivity index (χ1v) is 11.9. The zero-order valence-electron chi connectivity index (χ0n) is 20.1. The maximum atomic E-state index is 13.0. The molecule has 0 spiro atoms. The minimum Gasteiger partial charge on any atom is -0.475 e. The van der Waals surface area contributed by atoms with Gasteiger partial charge in [-0.15, -0.1) is 0 Å². The molecule has 0 unspecified atom stereocenters. The number of hydrogen-bond donors (Lipinski definition) is 2. The molecule has 0 atom stereocenters. The average molecular weight is 556 g/mol. The third-order valence-electron chi connectivity index (χ3n) is 5.45. The molecule has 12 heteroatoms. The van der Waals surface area contributed by atoms with Crippen LogP contribution in [0.15, 0.2) is 91.5 Å². The highest BCUT2D eigenvalue weighted by atomic mass is 35.5. The van der Waals surface area contributed by atoms with E-state index in [4.69, 9.17) is 26.5 Å². The number of aliphatic carboxylic acids is 1. The number of nitrogens with one attached hydrogen (secondary N) is 1. The zero-order chi connectivity index (χ0) is 28.0. The Morgan fingerprint density at radius 3 is 2.36 bits per heavy atom. The molecule has 0 aliphatic rings. The fraction of sp³-hybridized carbons (Fsp3) is 0.111. The Bertz CT molecular complexity index is 1580. The van der Waals surface area contributed by atoms with E-state index in [-0.39, 0.29) is 5.91 Å². The number of rotatable bonds is 6. The van der Waals surface area contributed by atoms with Crippen molar-refractivity contribution in [3.63, 3.8) is 0 Å². The van der Waals surface area contributed by atoms with Gasteiger partial charge in [-0.3, -0.25) is 14.2 Å². The number of benzene rings is 1. The lowest BCUT2D eigenvalue weighted by Gasteiger charge is -2.04. The smallest absolute Gasteiger partial charge is 0.475 e. The highest BCUT2D eigenvalue weighted by molar-refractivity contribution is 6.30. The Morgan fingerprint density at radius 1 is 0.974 bits per heavy atom. The summed E-state index contributed by atoms with van der Waals surface area (Å²) in [6, 6.07) is 21.0. The van der Waals surface area contributed by atoms with Crippen molar-refractivity contribution in [3.8, 4) is 11.4 Å². The predicted molar refractivity (Wildman–Crippen MR) is 138 cm³/mol. The highest BCUT2D eigenvalue weighted by Crippen LogP contribution is 2.24. The normalized spacial score (nSPS) is 11.1. The maximum absolute atomic E-state index is 13.0. The van der Waals surface area contributed by atoms with Crippen LogP contribution in [0, 0.1) is 0 Å². The van der Waals surface area contributed by atoms with Gasteiger partial charge < -0.3 is 15.0 Å². The Morgan fingerprint density at radius 2 is 1.69 bits per heavy atom. The van der Waals surface area contributed by atoms with Crippen molar-refractivity contribution in [2.75, 3.05) is 0 Å². The van der Waals surface area contributed by atoms with Gasteiger partial charge in [-0.2, -0.15) is 13.2 Å². The summed E-state index contributed by atoms with van der Waals surface area (Å²) in [5.41, 5.74) is 4.03. The SMILES string of the molecule is O=C(NCc1ccc(Cl)cc1)c1nc(-c2ccn(Cc3ccccn3)c2)n2ccccc12.O=C(O)C(F)(F)F. The molecule has 1 amide bonds. The van der Waals surface area contributed by atoms with Crippen LogP contribution in [0.3, 0.4) is 0 Å². The second-order valence-electron chi connectivity index (χ2n) is 8.25. The summed E-state index contributed by atoms with van der Waals surface area (Å²) in [4.78, 5) is 30.9. The van der Waals surface area contributed by atoms with Gasteiger partial charge in [0.1, 0.15) is 5.82 Å². The molecular weight excluding hydrogens is 535 g/mol. The summed E-state index contributed by atoms with van der Waals surface area (Å²) >= 11 is 5.94. The fourth-order valence-electron chi connectivity index (χ4n) is 3.63. The molecule has 0 aliphatic heterocycles. The minimum absolute atomic E-state index is 0.220. The number of carboxylic acids is 1. The van der Waals surface area contributed by atoms with Crippen molar-refractivity contribution < 1.29 is 27.9 Å². The number of pyridine rings is 2. The van der Waals surface area contributed by atoms with Crippen LogP contribution in [0.5, 0.6) is 0 Å². The first-order chi connectivity index (χ1) is 18.6. The van der Waals surface area contributed by atoms with E-state index in [1.165, 1.54) is 0 Å². The Hall–Kier alpha value is -4.64. The topological polar surface area (TPSA) is 102 Å². The molecule has 0 radical (unpaired) electrons. The van der Waals surface area contributed by atoms with Crippen molar-refractivity contribution >= 4 is 29.0 Å². The molecule has 200 valence electrons. The van der Waals surface area contributed by atoms with Crippen molar-refractivity contribution in [1.82, 2.24) is 24.3 Å². The number of fused-ring (bicyclic) bond motifs is 1. The molecule has 4 heterocycles. The van der Waals surface area contributed by atoms with Gasteiger partial charge in [-0.25, -0.2) is 9.78 Å². The zero-order valence-corrected chi connectivity index (χ0v) is 20.9. The van der Waals surface area contributed by atoms with Crippen LogP contribution in [0.4, 0.5) is 13.2 Å². The van der Waals surface area contributed by atoms with Gasteiger partial charge in [0, 0.05) is 41.9 Å². The van der Waals surface area contributed by atoms with Crippen LogP contribution in [0.25, 0.3) is 16.9 Å². The summed E-state index contributed by atoms with van der Waals surface area (Å²) in [7, 11) is 0. The number of amides is 1. The lowest BCUT2D eigenvalue weighted by molar-refractivity contribution is -0.192. The number of carbonyl (C=O) groups is 2. The summed E-state index contributed by atoms with van der Waals surface area (Å²) in [6.07, 6.45) is 2.64. The Kier molecular flexibility index (Phi) is 8.30. The van der Waals surface area contributed by atoms with Crippen molar-refractivity contribution in [1.29, 1.82) is 0 Å². The Labute approximate surface area is 225 Å². The van der Waals surface area contributed by atoms with Crippen LogP contribution < -0.4 is 5.32 Å². The van der Waals surface area contributed by atoms with Crippen LogP contribution in [-0.2, 0) is 17.9 Å². The molecule has 4 aromatic heterocycles. The number of imidazole rings is 1. The summed E-state index contributed by atoms with van der Waals surface area (Å²) in [5.74, 6) is -2.26. The monoisotopic (exact) mass is 555 g/mol. The molecule has 1 aromatic carbocycles. The third-order valence-corrected chi connectivity index (χ3v) is 5.70. The molecule has 8 nitrogen and oxygen atoms in total. The molecule has 0 saturated heterocycles. The van der Waals surface area contributed by atoms with E-state index >= 15 is 0 Å². The molecule has 0 aliphatic carbocycles. The van der Waals surface area contributed by atoms with E-state index in [2.05, 4.69) is 14.9 Å². The van der Waals surface area contributed by atoms with Gasteiger partial charge in [-0.1, -0.05) is 35.9 Å². The van der Waals surface area contributed by atoms with Crippen molar-refractivity contribution in [2.45, 2.75) is 19.3 Å². The predicted octanol–water partition coefficient (Wildman–Crippen LogP) is 5.46. The number of aromatic nitrogens is 4. The second kappa shape index (κ2) is 11.8. The highest BCUT2D eigenvalue weighted by Gasteiger charge is 2.38. The molecular formula is C27H21ClF3N5O3. The van der Waals surface area contributed by atoms with E-state index in [1.54, 1.807) is 6.20 Å². The second-order valence-corrected chi connectivity index (χ2v) is 8.68. The number of hydrogen-bond acceptors (Lipinski definition) is 4. The van der Waals surface area contributed by atoms with Gasteiger partial charge in [-0.05, 0) is 48.0 Å². The van der Waals surface area contributed by atoms with Gasteiger partial charge in [0.05, 0.1) is 17.8 Å². The van der Waals surface area contributed by atoms with E-state index < -0.39 is 12.1 Å². The molecule has 0 bridgehead atoms. The molecule has 39 heavy (non-hydrogen) atoms. The standard InChI is InChI=1S/C25H20ClN5O.C2HF3O2/c26-20-9-7-18(8-10-20)15-28-25(32)23-22-6-2-4-13-31(22)24(29-23)19-11-14-30(16-19)17-21-5-1-3-12-27-21;3-2(4,5)1(6)7/h1-14,16H,15,17H2,(H,28,32);(H,6,7). The number of alkyl halides is 3. The number of carboxylic acid groups (broad SMARTS) is 1. The largest absolute Gasteiger partial charge is 0.490 e. The van der Waals surface area contributed by atoms with Gasteiger partial charge in [0.25, 0.3) is 5.91 Å².